The molecule has 4 N–H and O–H groups in total. The molecule has 4 amide bonds. The number of piperazine rings is 1. The number of amides is 4. The molecule has 4 aromatic rings. The van der Waals surface area contributed by atoms with E-state index in [2.05, 4.69) is 4.90 Å². The molecule has 0 bridgehead atoms. The zero-order valence-electron chi connectivity index (χ0n) is 31.7. The van der Waals surface area contributed by atoms with Gasteiger partial charge >= 0.3 is 0 Å². The van der Waals surface area contributed by atoms with Crippen LogP contribution < -0.4 is 11.1 Å². The van der Waals surface area contributed by atoms with E-state index in [1.807, 2.05) is 6.07 Å². The molecule has 0 atom stereocenters. The van der Waals surface area contributed by atoms with Gasteiger partial charge in [-0.1, -0.05) is 48.5 Å². The van der Waals surface area contributed by atoms with Gasteiger partial charge in [-0.15, -0.1) is 0 Å². The predicted octanol–water partition coefficient (Wildman–Crippen LogP) is 3.96. The number of carbonyl (C=O) groups excluding carboxylic acids is 4. The van der Waals surface area contributed by atoms with Crippen molar-refractivity contribution in [1.82, 2.24) is 19.6 Å². The Morgan fingerprint density at radius 2 is 1.16 bits per heavy atom. The normalized spacial score (nSPS) is 17.1. The summed E-state index contributed by atoms with van der Waals surface area (Å²) in [6.07, 6.45) is 3.33. The first-order chi connectivity index (χ1) is 27.4. The number of rotatable bonds is 9. The largest absolute Gasteiger partial charge is 0.366 e. The van der Waals surface area contributed by atoms with Crippen molar-refractivity contribution in [2.45, 2.75) is 32.1 Å². The minimum absolute atomic E-state index is 0.000893. The molecule has 0 unspecified atom stereocenters. The number of nitrogens with two attached hydrogens (primary N) is 2. The Morgan fingerprint density at radius 3 is 1.79 bits per heavy atom. The summed E-state index contributed by atoms with van der Waals surface area (Å²) in [4.78, 5) is 58.9. The highest BCUT2D eigenvalue weighted by molar-refractivity contribution is 6.08. The van der Waals surface area contributed by atoms with Crippen molar-refractivity contribution < 1.29 is 37.8 Å². The third-order valence-corrected chi connectivity index (χ3v) is 11.9. The second kappa shape index (κ2) is 16.7. The fraction of sp³-hybridized carbons (Fsp3) is 0.341. The first-order valence-corrected chi connectivity index (χ1v) is 19.3. The highest BCUT2D eigenvalue weighted by Gasteiger charge is 2.40. The molecule has 3 aliphatic rings. The average molecular weight is 780 g/mol. The van der Waals surface area contributed by atoms with Gasteiger partial charge in [-0.05, 0) is 97.3 Å². The zero-order valence-corrected chi connectivity index (χ0v) is 31.7. The summed E-state index contributed by atoms with van der Waals surface area (Å²) in [7, 11) is 0. The van der Waals surface area contributed by atoms with Crippen molar-refractivity contribution in [3.8, 4) is 11.1 Å². The summed E-state index contributed by atoms with van der Waals surface area (Å²) in [6, 6.07) is 22.3. The van der Waals surface area contributed by atoms with E-state index in [1.165, 1.54) is 24.3 Å². The van der Waals surface area contributed by atoms with E-state index in [-0.39, 0.29) is 48.5 Å². The Hall–Kier alpha value is -5.82. The van der Waals surface area contributed by atoms with Crippen LogP contribution in [0.2, 0.25) is 0 Å². The summed E-state index contributed by atoms with van der Waals surface area (Å²) in [5.41, 5.74) is 7.66. The maximum atomic E-state index is 15.1. The molecule has 3 saturated heterocycles. The predicted molar refractivity (Wildman–Crippen MR) is 209 cm³/mol. The summed E-state index contributed by atoms with van der Waals surface area (Å²) < 4.78 is 45.2. The Bertz CT molecular complexity index is 2170. The third-order valence-electron chi connectivity index (χ3n) is 11.9. The van der Waals surface area contributed by atoms with Gasteiger partial charge in [-0.25, -0.2) is 13.2 Å². The minimum Gasteiger partial charge on any atom is -0.366 e. The molecule has 57 heavy (non-hydrogen) atoms. The zero-order chi connectivity index (χ0) is 40.3. The lowest BCUT2D eigenvalue weighted by Crippen LogP contribution is -2.54. The number of hydrogen-bond acceptors (Lipinski definition) is 5. The Kier molecular flexibility index (Phi) is 11.6. The molecule has 0 aromatic heterocycles. The van der Waals surface area contributed by atoms with Gasteiger partial charge < -0.3 is 20.4 Å². The topological polar surface area (TPSA) is 133 Å². The Labute approximate surface area is 329 Å². The molecule has 1 spiro atoms. The third kappa shape index (κ3) is 8.63. The molecule has 4 aromatic carbocycles. The first kappa shape index (κ1) is 39.4. The Balaban J connectivity index is 0.867. The van der Waals surface area contributed by atoms with E-state index in [9.17, 15) is 23.6 Å². The number of nitrogens with zero attached hydrogens (tertiary/aromatic N) is 4. The van der Waals surface area contributed by atoms with Crippen LogP contribution >= 0.6 is 0 Å². The number of benzene rings is 4. The van der Waals surface area contributed by atoms with E-state index in [4.69, 9.17) is 11.1 Å². The number of primary amides is 1. The highest BCUT2D eigenvalue weighted by atomic mass is 19.1. The second-order valence-electron chi connectivity index (χ2n) is 15.3. The van der Waals surface area contributed by atoms with Crippen LogP contribution in [0, 0.1) is 22.9 Å². The molecule has 3 aliphatic heterocycles. The van der Waals surface area contributed by atoms with Crippen molar-refractivity contribution in [1.29, 1.82) is 0 Å². The van der Waals surface area contributed by atoms with E-state index < -0.39 is 40.7 Å². The summed E-state index contributed by atoms with van der Waals surface area (Å²) in [5, 5.41) is 6.32. The maximum Gasteiger partial charge on any atom is 0.259 e. The molecule has 13 heteroatoms. The SMILES string of the molecule is NC(=O)c1ccccc1C(=[NH2+])Cc1ccc(F)c(C(=O)N2CCN(C(=O)CN3CCC4(CC3)CCN(C(=O)c3c(F)cc(-c5ccccc5)cc3F)CC4)CC2)c1. The molecule has 0 saturated carbocycles. The van der Waals surface area contributed by atoms with E-state index in [1.54, 1.807) is 69.3 Å². The monoisotopic (exact) mass is 779 g/mol. The number of carbonyl (C=O) groups is 4. The van der Waals surface area contributed by atoms with Gasteiger partial charge in [0, 0.05) is 39.3 Å². The van der Waals surface area contributed by atoms with Gasteiger partial charge in [0.05, 0.1) is 29.7 Å². The molecule has 3 fully saturated rings. The van der Waals surface area contributed by atoms with Gasteiger partial charge in [0.1, 0.15) is 23.0 Å². The second-order valence-corrected chi connectivity index (χ2v) is 15.3. The average Bonchev–Trinajstić information content (AvgIpc) is 3.22. The van der Waals surface area contributed by atoms with Crippen LogP contribution in [0.5, 0.6) is 0 Å². The molecule has 3 heterocycles. The standard InChI is InChI=1S/C44H45F3N6O4/c45-35-11-10-29(25-38(48)32-8-4-5-9-33(32)41(49)55)24-34(35)42(56)53-22-20-51(21-23-53)39(54)28-50-16-12-44(13-17-50)14-18-52(19-15-44)43(57)40-36(46)26-31(27-37(40)47)30-6-2-1-3-7-30/h1-11,24,26-27,48H,12-23,25,28H2,(H2,49,55)/p+1. The van der Waals surface area contributed by atoms with Gasteiger partial charge in [-0.3, -0.25) is 29.5 Å². The van der Waals surface area contributed by atoms with Crippen LogP contribution in [0.25, 0.3) is 11.1 Å². The fourth-order valence-electron chi connectivity index (χ4n) is 8.36. The number of halogens is 3. The van der Waals surface area contributed by atoms with Crippen molar-refractivity contribution in [3.05, 3.63) is 130 Å². The molecule has 10 nitrogen and oxygen atoms in total. The molecule has 0 aliphatic carbocycles. The quantitative estimate of drug-likeness (QED) is 0.249. The summed E-state index contributed by atoms with van der Waals surface area (Å²) in [6.45, 7) is 3.68. The van der Waals surface area contributed by atoms with E-state index in [0.717, 1.165) is 25.7 Å². The number of hydrogen-bond donors (Lipinski definition) is 2. The Morgan fingerprint density at radius 1 is 0.596 bits per heavy atom. The van der Waals surface area contributed by atoms with Crippen LogP contribution in [0.1, 0.15) is 67.9 Å². The lowest BCUT2D eigenvalue weighted by molar-refractivity contribution is -0.134. The fourth-order valence-corrected chi connectivity index (χ4v) is 8.36. The lowest BCUT2D eigenvalue weighted by Gasteiger charge is -2.47. The molecular formula is C44H46F3N6O4+. The van der Waals surface area contributed by atoms with Crippen LogP contribution in [0.15, 0.2) is 84.9 Å². The maximum absolute atomic E-state index is 15.1. The summed E-state index contributed by atoms with van der Waals surface area (Å²) in [5.74, 6) is -4.14. The summed E-state index contributed by atoms with van der Waals surface area (Å²) >= 11 is 0. The molecule has 7 rings (SSSR count). The van der Waals surface area contributed by atoms with Crippen molar-refractivity contribution in [3.63, 3.8) is 0 Å². The van der Waals surface area contributed by atoms with E-state index >= 15 is 8.78 Å². The smallest absolute Gasteiger partial charge is 0.259 e. The lowest BCUT2D eigenvalue weighted by atomic mass is 9.71. The van der Waals surface area contributed by atoms with Gasteiger partial charge in [0.2, 0.25) is 11.8 Å². The van der Waals surface area contributed by atoms with Crippen LogP contribution in [0.3, 0.4) is 0 Å². The van der Waals surface area contributed by atoms with Gasteiger partial charge in [0.15, 0.2) is 5.71 Å². The van der Waals surface area contributed by atoms with Crippen molar-refractivity contribution in [2.75, 3.05) is 58.9 Å². The van der Waals surface area contributed by atoms with Crippen LogP contribution in [-0.2, 0) is 11.2 Å². The number of piperidine rings is 2. The van der Waals surface area contributed by atoms with Crippen molar-refractivity contribution >= 4 is 29.3 Å². The van der Waals surface area contributed by atoms with Gasteiger partial charge in [0.25, 0.3) is 11.8 Å². The molecular weight excluding hydrogens is 734 g/mol. The molecule has 296 valence electrons. The first-order valence-electron chi connectivity index (χ1n) is 19.3. The van der Waals surface area contributed by atoms with Crippen molar-refractivity contribution in [2.24, 2.45) is 11.1 Å². The van der Waals surface area contributed by atoms with Crippen LogP contribution in [0.4, 0.5) is 13.2 Å². The molecule has 0 radical (unpaired) electrons. The van der Waals surface area contributed by atoms with E-state index in [0.29, 0.717) is 67.2 Å². The van der Waals surface area contributed by atoms with Crippen LogP contribution in [-0.4, -0.2) is 108 Å². The number of likely N-dealkylation sites (tertiary alicyclic amines) is 2. The van der Waals surface area contributed by atoms with Gasteiger partial charge in [-0.2, -0.15) is 0 Å². The highest BCUT2D eigenvalue weighted by Crippen LogP contribution is 2.42. The minimum atomic E-state index is -0.868.